The molecule has 0 spiro atoms. The zero-order chi connectivity index (χ0) is 22.5. The van der Waals surface area contributed by atoms with Crippen molar-refractivity contribution in [2.45, 2.75) is 19.3 Å². The van der Waals surface area contributed by atoms with Crippen molar-refractivity contribution in [2.75, 3.05) is 49.1 Å². The predicted octanol–water partition coefficient (Wildman–Crippen LogP) is 3.29. The molecule has 7 heteroatoms. The number of piperidine rings is 1. The number of piperazine rings is 1. The second kappa shape index (κ2) is 9.98. The van der Waals surface area contributed by atoms with Gasteiger partial charge in [0.2, 0.25) is 0 Å². The van der Waals surface area contributed by atoms with Gasteiger partial charge in [-0.2, -0.15) is 0 Å². The highest BCUT2D eigenvalue weighted by molar-refractivity contribution is 5.92. The number of carbonyl (C=O) groups excluding carboxylic acids is 1. The molecule has 2 aliphatic rings. The van der Waals surface area contributed by atoms with E-state index >= 15 is 0 Å². The highest BCUT2D eigenvalue weighted by atomic mass is 16.2. The second-order valence-electron chi connectivity index (χ2n) is 8.86. The Labute approximate surface area is 195 Å². The molecular weight excluding hydrogens is 412 g/mol. The smallest absolute Gasteiger partial charge is 0.274 e. The molecule has 2 fully saturated rings. The molecule has 3 aromatic rings. The van der Waals surface area contributed by atoms with Crippen molar-refractivity contribution < 1.29 is 4.79 Å². The molecule has 0 atom stereocenters. The number of anilines is 2. The normalized spacial score (nSPS) is 17.3. The molecule has 0 unspecified atom stereocenters. The van der Waals surface area contributed by atoms with Gasteiger partial charge >= 0.3 is 0 Å². The number of carbonyl (C=O) groups is 1. The molecule has 2 aromatic heterocycles. The van der Waals surface area contributed by atoms with Crippen molar-refractivity contribution in [3.63, 3.8) is 0 Å². The molecule has 2 saturated heterocycles. The predicted molar refractivity (Wildman–Crippen MR) is 129 cm³/mol. The standard InChI is InChI=1S/C26H30N6O/c33-26(32-18-16-31(17-19-32)24-8-4-5-13-27-24)23-9-10-25(29-28-23)30-14-11-22(12-15-30)20-21-6-2-1-3-7-21/h1-10,13,22H,11-12,14-20H2. The minimum Gasteiger partial charge on any atom is -0.355 e. The first kappa shape index (κ1) is 21.4. The summed E-state index contributed by atoms with van der Waals surface area (Å²) in [5.41, 5.74) is 1.84. The van der Waals surface area contributed by atoms with E-state index in [-0.39, 0.29) is 5.91 Å². The maximum absolute atomic E-state index is 12.9. The van der Waals surface area contributed by atoms with Gasteiger partial charge in [0, 0.05) is 45.5 Å². The number of rotatable bonds is 5. The summed E-state index contributed by atoms with van der Waals surface area (Å²) in [5, 5.41) is 8.68. The van der Waals surface area contributed by atoms with Crippen LogP contribution in [-0.2, 0) is 6.42 Å². The first-order valence-corrected chi connectivity index (χ1v) is 11.8. The van der Waals surface area contributed by atoms with E-state index in [4.69, 9.17) is 0 Å². The van der Waals surface area contributed by atoms with Gasteiger partial charge in [0.1, 0.15) is 5.82 Å². The van der Waals surface area contributed by atoms with Gasteiger partial charge in [-0.25, -0.2) is 4.98 Å². The third-order valence-electron chi connectivity index (χ3n) is 6.72. The van der Waals surface area contributed by atoms with Gasteiger partial charge in [-0.05, 0) is 55.0 Å². The van der Waals surface area contributed by atoms with Gasteiger partial charge in [0.25, 0.3) is 5.91 Å². The van der Waals surface area contributed by atoms with Gasteiger partial charge in [-0.3, -0.25) is 4.79 Å². The number of hydrogen-bond acceptors (Lipinski definition) is 6. The summed E-state index contributed by atoms with van der Waals surface area (Å²) in [5.74, 6) is 2.49. The van der Waals surface area contributed by atoms with Crippen molar-refractivity contribution in [1.82, 2.24) is 20.1 Å². The molecule has 33 heavy (non-hydrogen) atoms. The van der Waals surface area contributed by atoms with Crippen LogP contribution in [0.1, 0.15) is 28.9 Å². The summed E-state index contributed by atoms with van der Waals surface area (Å²) in [4.78, 5) is 23.7. The largest absolute Gasteiger partial charge is 0.355 e. The Hall–Kier alpha value is -3.48. The fourth-order valence-corrected chi connectivity index (χ4v) is 4.76. The number of hydrogen-bond donors (Lipinski definition) is 0. The maximum Gasteiger partial charge on any atom is 0.274 e. The third-order valence-corrected chi connectivity index (χ3v) is 6.72. The van der Waals surface area contributed by atoms with Crippen LogP contribution in [0.2, 0.25) is 0 Å². The van der Waals surface area contributed by atoms with Crippen LogP contribution in [0, 0.1) is 5.92 Å². The summed E-state index contributed by atoms with van der Waals surface area (Å²) in [6.07, 6.45) is 5.24. The lowest BCUT2D eigenvalue weighted by molar-refractivity contribution is 0.0739. The first-order chi connectivity index (χ1) is 16.3. The molecule has 5 rings (SSSR count). The molecule has 1 amide bonds. The first-order valence-electron chi connectivity index (χ1n) is 11.8. The second-order valence-corrected chi connectivity index (χ2v) is 8.86. The lowest BCUT2D eigenvalue weighted by Gasteiger charge is -2.35. The van der Waals surface area contributed by atoms with Crippen LogP contribution in [0.15, 0.2) is 66.9 Å². The molecule has 0 N–H and O–H groups in total. The zero-order valence-corrected chi connectivity index (χ0v) is 18.9. The molecule has 0 bridgehead atoms. The minimum absolute atomic E-state index is 0.0451. The van der Waals surface area contributed by atoms with Crippen LogP contribution in [0.5, 0.6) is 0 Å². The van der Waals surface area contributed by atoms with Crippen molar-refractivity contribution in [1.29, 1.82) is 0 Å². The fraction of sp³-hybridized carbons (Fsp3) is 0.385. The van der Waals surface area contributed by atoms with E-state index in [1.54, 1.807) is 6.20 Å². The topological polar surface area (TPSA) is 65.5 Å². The van der Waals surface area contributed by atoms with E-state index in [1.165, 1.54) is 5.56 Å². The van der Waals surface area contributed by atoms with Gasteiger partial charge < -0.3 is 14.7 Å². The molecule has 1 aromatic carbocycles. The third kappa shape index (κ3) is 5.13. The summed E-state index contributed by atoms with van der Waals surface area (Å²) in [6, 6.07) is 20.4. The van der Waals surface area contributed by atoms with Gasteiger partial charge in [-0.15, -0.1) is 10.2 Å². The summed E-state index contributed by atoms with van der Waals surface area (Å²) in [7, 11) is 0. The molecule has 0 radical (unpaired) electrons. The SMILES string of the molecule is O=C(c1ccc(N2CCC(Cc3ccccc3)CC2)nn1)N1CCN(c2ccccn2)CC1. The fourth-order valence-electron chi connectivity index (χ4n) is 4.76. The Bertz CT molecular complexity index is 1030. The number of aromatic nitrogens is 3. The Kier molecular flexibility index (Phi) is 6.46. The summed E-state index contributed by atoms with van der Waals surface area (Å²) >= 11 is 0. The highest BCUT2D eigenvalue weighted by Gasteiger charge is 2.25. The van der Waals surface area contributed by atoms with Crippen LogP contribution >= 0.6 is 0 Å². The van der Waals surface area contributed by atoms with Crippen molar-refractivity contribution in [2.24, 2.45) is 5.92 Å². The van der Waals surface area contributed by atoms with Crippen LogP contribution in [0.3, 0.4) is 0 Å². The summed E-state index contributed by atoms with van der Waals surface area (Å²) in [6.45, 7) is 4.82. The van der Waals surface area contributed by atoms with Crippen LogP contribution < -0.4 is 9.80 Å². The Morgan fingerprint density at radius 2 is 1.48 bits per heavy atom. The maximum atomic E-state index is 12.9. The lowest BCUT2D eigenvalue weighted by atomic mass is 9.90. The molecule has 0 saturated carbocycles. The Morgan fingerprint density at radius 1 is 0.758 bits per heavy atom. The highest BCUT2D eigenvalue weighted by Crippen LogP contribution is 2.24. The van der Waals surface area contributed by atoms with Gasteiger partial charge in [0.15, 0.2) is 11.5 Å². The van der Waals surface area contributed by atoms with Crippen molar-refractivity contribution >= 4 is 17.5 Å². The average molecular weight is 443 g/mol. The van der Waals surface area contributed by atoms with E-state index in [1.807, 2.05) is 35.2 Å². The van der Waals surface area contributed by atoms with Gasteiger partial charge in [-0.1, -0.05) is 36.4 Å². The lowest BCUT2D eigenvalue weighted by Crippen LogP contribution is -2.49. The minimum atomic E-state index is -0.0451. The van der Waals surface area contributed by atoms with Gasteiger partial charge in [0.05, 0.1) is 0 Å². The van der Waals surface area contributed by atoms with Crippen LogP contribution in [0.4, 0.5) is 11.6 Å². The Balaban J connectivity index is 1.12. The quantitative estimate of drug-likeness (QED) is 0.604. The average Bonchev–Trinajstić information content (AvgIpc) is 2.90. The molecule has 170 valence electrons. The van der Waals surface area contributed by atoms with Crippen LogP contribution in [-0.4, -0.2) is 65.3 Å². The van der Waals surface area contributed by atoms with E-state index in [0.717, 1.165) is 57.1 Å². The molecular formula is C26H30N6O. The monoisotopic (exact) mass is 442 g/mol. The number of amides is 1. The van der Waals surface area contributed by atoms with Crippen molar-refractivity contribution in [3.05, 3.63) is 78.1 Å². The molecule has 4 heterocycles. The number of nitrogens with zero attached hydrogens (tertiary/aromatic N) is 6. The number of benzene rings is 1. The van der Waals surface area contributed by atoms with E-state index in [2.05, 4.69) is 55.3 Å². The number of pyridine rings is 1. The zero-order valence-electron chi connectivity index (χ0n) is 18.9. The van der Waals surface area contributed by atoms with Crippen molar-refractivity contribution in [3.8, 4) is 0 Å². The van der Waals surface area contributed by atoms with E-state index < -0.39 is 0 Å². The summed E-state index contributed by atoms with van der Waals surface area (Å²) < 4.78 is 0. The Morgan fingerprint density at radius 3 is 2.15 bits per heavy atom. The molecule has 0 aliphatic carbocycles. The van der Waals surface area contributed by atoms with Crippen LogP contribution in [0.25, 0.3) is 0 Å². The molecule has 7 nitrogen and oxygen atoms in total. The van der Waals surface area contributed by atoms with E-state index in [0.29, 0.717) is 24.7 Å². The van der Waals surface area contributed by atoms with E-state index in [9.17, 15) is 4.79 Å². The molecule has 2 aliphatic heterocycles.